The van der Waals surface area contributed by atoms with E-state index >= 15 is 0 Å². The summed E-state index contributed by atoms with van der Waals surface area (Å²) in [6, 6.07) is 10.3. The zero-order chi connectivity index (χ0) is 24.8. The fraction of sp³-hybridized carbons (Fsp3) is 0.364. The van der Waals surface area contributed by atoms with Gasteiger partial charge in [0.25, 0.3) is 0 Å². The highest BCUT2D eigenvalue weighted by molar-refractivity contribution is 7.92. The first-order valence-electron chi connectivity index (χ1n) is 10.2. The van der Waals surface area contributed by atoms with Gasteiger partial charge in [-0.3, -0.25) is 13.9 Å². The van der Waals surface area contributed by atoms with Crippen molar-refractivity contribution < 1.29 is 18.0 Å². The van der Waals surface area contributed by atoms with E-state index in [2.05, 4.69) is 5.32 Å². The molecule has 1 atom stereocenters. The van der Waals surface area contributed by atoms with E-state index < -0.39 is 28.5 Å². The molecule has 0 heterocycles. The maximum atomic E-state index is 13.4. The first-order valence-corrected chi connectivity index (χ1v) is 13.2. The van der Waals surface area contributed by atoms with Crippen molar-refractivity contribution in [3.8, 4) is 0 Å². The molecule has 0 aliphatic heterocycles. The largest absolute Gasteiger partial charge is 0.354 e. The number of nitrogens with one attached hydrogen (secondary N) is 1. The normalized spacial score (nSPS) is 12.2. The van der Waals surface area contributed by atoms with Crippen LogP contribution >= 0.6 is 34.8 Å². The van der Waals surface area contributed by atoms with Crippen LogP contribution < -0.4 is 9.62 Å². The van der Waals surface area contributed by atoms with Crippen LogP contribution in [0.25, 0.3) is 0 Å². The number of carbonyl (C=O) groups is 2. The average molecular weight is 535 g/mol. The van der Waals surface area contributed by atoms with Gasteiger partial charge < -0.3 is 10.2 Å². The first-order chi connectivity index (χ1) is 15.4. The minimum absolute atomic E-state index is 0.0821. The first kappa shape index (κ1) is 27.2. The highest BCUT2D eigenvalue weighted by atomic mass is 35.5. The fourth-order valence-electron chi connectivity index (χ4n) is 3.04. The maximum Gasteiger partial charge on any atom is 0.244 e. The topological polar surface area (TPSA) is 86.8 Å². The van der Waals surface area contributed by atoms with Crippen molar-refractivity contribution in [1.29, 1.82) is 0 Å². The summed E-state index contributed by atoms with van der Waals surface area (Å²) in [4.78, 5) is 27.4. The van der Waals surface area contributed by atoms with Gasteiger partial charge in [-0.25, -0.2) is 8.42 Å². The zero-order valence-corrected chi connectivity index (χ0v) is 21.6. The van der Waals surface area contributed by atoms with Crippen LogP contribution in [-0.4, -0.2) is 50.5 Å². The quantitative estimate of drug-likeness (QED) is 0.491. The number of halogens is 3. The van der Waals surface area contributed by atoms with Crippen LogP contribution in [0.1, 0.15) is 25.8 Å². The zero-order valence-electron chi connectivity index (χ0n) is 18.5. The SMILES string of the molecule is CCCNC(=O)C(C)N(Cc1ccc(Cl)cc1)C(=O)CN(c1ccc(Cl)cc1Cl)S(C)(=O)=O. The summed E-state index contributed by atoms with van der Waals surface area (Å²) in [5.41, 5.74) is 0.852. The lowest BCUT2D eigenvalue weighted by atomic mass is 10.1. The lowest BCUT2D eigenvalue weighted by Gasteiger charge is -2.31. The molecule has 0 spiro atoms. The summed E-state index contributed by atoms with van der Waals surface area (Å²) < 4.78 is 26.0. The molecule has 0 radical (unpaired) electrons. The van der Waals surface area contributed by atoms with Crippen LogP contribution in [0.3, 0.4) is 0 Å². The highest BCUT2D eigenvalue weighted by Gasteiger charge is 2.30. The minimum atomic E-state index is -3.88. The third kappa shape index (κ3) is 7.78. The van der Waals surface area contributed by atoms with Crippen molar-refractivity contribution in [2.24, 2.45) is 0 Å². The second-order valence-electron chi connectivity index (χ2n) is 7.48. The molecule has 0 aromatic heterocycles. The van der Waals surface area contributed by atoms with E-state index in [1.165, 1.54) is 23.1 Å². The van der Waals surface area contributed by atoms with Gasteiger partial charge in [0.1, 0.15) is 12.6 Å². The van der Waals surface area contributed by atoms with Crippen LogP contribution in [0.5, 0.6) is 0 Å². The molecule has 0 aliphatic rings. The Morgan fingerprint density at radius 2 is 1.64 bits per heavy atom. The Hall–Kier alpha value is -2.00. The van der Waals surface area contributed by atoms with Gasteiger partial charge in [0.2, 0.25) is 21.8 Å². The molecule has 0 saturated heterocycles. The summed E-state index contributed by atoms with van der Waals surface area (Å²) in [5.74, 6) is -0.907. The van der Waals surface area contributed by atoms with Gasteiger partial charge in [-0.15, -0.1) is 0 Å². The Labute approximate surface area is 209 Å². The van der Waals surface area contributed by atoms with E-state index in [0.717, 1.165) is 22.5 Å². The average Bonchev–Trinajstić information content (AvgIpc) is 2.74. The van der Waals surface area contributed by atoms with Crippen LogP contribution in [0.4, 0.5) is 5.69 Å². The Bertz CT molecular complexity index is 1090. The molecule has 2 amide bonds. The number of amides is 2. The smallest absolute Gasteiger partial charge is 0.244 e. The fourth-order valence-corrected chi connectivity index (χ4v) is 4.59. The van der Waals surface area contributed by atoms with Gasteiger partial charge in [-0.1, -0.05) is 53.9 Å². The van der Waals surface area contributed by atoms with E-state index in [9.17, 15) is 18.0 Å². The number of rotatable bonds is 10. The molecular weight excluding hydrogens is 509 g/mol. The number of hydrogen-bond acceptors (Lipinski definition) is 4. The van der Waals surface area contributed by atoms with Gasteiger partial charge in [0.15, 0.2) is 0 Å². The van der Waals surface area contributed by atoms with Crippen LogP contribution in [-0.2, 0) is 26.2 Å². The Balaban J connectivity index is 2.39. The number of sulfonamides is 1. The molecule has 0 aliphatic carbocycles. The standard InChI is InChI=1S/C22H26Cl3N3O4S/c1-4-11-26-22(30)15(2)27(13-16-5-7-17(23)8-6-16)21(29)14-28(33(3,31)32)20-10-9-18(24)12-19(20)25/h5-10,12,15H,4,11,13-14H2,1-3H3,(H,26,30). The molecule has 180 valence electrons. The molecular formula is C22H26Cl3N3O4S. The lowest BCUT2D eigenvalue weighted by molar-refractivity contribution is -0.139. The highest BCUT2D eigenvalue weighted by Crippen LogP contribution is 2.30. The van der Waals surface area contributed by atoms with Gasteiger partial charge >= 0.3 is 0 Å². The Morgan fingerprint density at radius 1 is 1.03 bits per heavy atom. The Morgan fingerprint density at radius 3 is 2.18 bits per heavy atom. The second-order valence-corrected chi connectivity index (χ2v) is 10.7. The van der Waals surface area contributed by atoms with E-state index in [1.54, 1.807) is 31.2 Å². The number of anilines is 1. The molecule has 7 nitrogen and oxygen atoms in total. The summed E-state index contributed by atoms with van der Waals surface area (Å²) in [6.45, 7) is 3.52. The predicted octanol–water partition coefficient (Wildman–Crippen LogP) is 4.36. The van der Waals surface area contributed by atoms with Crippen LogP contribution in [0.2, 0.25) is 15.1 Å². The van der Waals surface area contributed by atoms with Gasteiger partial charge in [0.05, 0.1) is 17.0 Å². The number of nitrogens with zero attached hydrogens (tertiary/aromatic N) is 2. The number of carbonyl (C=O) groups excluding carboxylic acids is 2. The van der Waals surface area contributed by atoms with Gasteiger partial charge in [-0.2, -0.15) is 0 Å². The van der Waals surface area contributed by atoms with Crippen molar-refractivity contribution >= 4 is 62.3 Å². The van der Waals surface area contributed by atoms with Gasteiger partial charge in [0, 0.05) is 23.1 Å². The second kappa shape index (κ2) is 11.9. The summed E-state index contributed by atoms with van der Waals surface area (Å²) in [6.07, 6.45) is 1.71. The molecule has 0 bridgehead atoms. The van der Waals surface area contributed by atoms with Crippen LogP contribution in [0, 0.1) is 0 Å². The monoisotopic (exact) mass is 533 g/mol. The lowest BCUT2D eigenvalue weighted by Crippen LogP contribution is -2.51. The summed E-state index contributed by atoms with van der Waals surface area (Å²) in [7, 11) is -3.88. The third-order valence-corrected chi connectivity index (χ3v) is 6.76. The molecule has 1 unspecified atom stereocenters. The molecule has 2 aromatic carbocycles. The van der Waals surface area contributed by atoms with E-state index in [0.29, 0.717) is 16.6 Å². The molecule has 1 N–H and O–H groups in total. The third-order valence-electron chi connectivity index (χ3n) is 4.84. The van der Waals surface area contributed by atoms with E-state index in [1.807, 2.05) is 6.92 Å². The van der Waals surface area contributed by atoms with E-state index in [-0.39, 0.29) is 23.2 Å². The summed E-state index contributed by atoms with van der Waals surface area (Å²) >= 11 is 18.1. The van der Waals surface area contributed by atoms with Crippen molar-refractivity contribution in [1.82, 2.24) is 10.2 Å². The Kier molecular flexibility index (Phi) is 9.84. The number of hydrogen-bond donors (Lipinski definition) is 1. The van der Waals surface area contributed by atoms with Crippen LogP contribution in [0.15, 0.2) is 42.5 Å². The van der Waals surface area contributed by atoms with Crippen molar-refractivity contribution in [2.45, 2.75) is 32.9 Å². The number of benzene rings is 2. The molecule has 0 fully saturated rings. The van der Waals surface area contributed by atoms with Gasteiger partial charge in [-0.05, 0) is 49.2 Å². The molecule has 2 rings (SSSR count). The molecule has 11 heteroatoms. The predicted molar refractivity (Wildman–Crippen MR) is 133 cm³/mol. The minimum Gasteiger partial charge on any atom is -0.354 e. The van der Waals surface area contributed by atoms with Crippen molar-refractivity contribution in [3.05, 3.63) is 63.1 Å². The van der Waals surface area contributed by atoms with E-state index in [4.69, 9.17) is 34.8 Å². The van der Waals surface area contributed by atoms with Crippen molar-refractivity contribution in [3.63, 3.8) is 0 Å². The molecule has 33 heavy (non-hydrogen) atoms. The van der Waals surface area contributed by atoms with Crippen molar-refractivity contribution in [2.75, 3.05) is 23.7 Å². The maximum absolute atomic E-state index is 13.4. The molecule has 0 saturated carbocycles. The summed E-state index contributed by atoms with van der Waals surface area (Å²) in [5, 5.41) is 3.71. The molecule has 2 aromatic rings.